The lowest BCUT2D eigenvalue weighted by molar-refractivity contribution is 0.0154. The van der Waals surface area contributed by atoms with Crippen molar-refractivity contribution in [2.24, 2.45) is 4.99 Å². The first-order valence-electron chi connectivity index (χ1n) is 9.39. The lowest BCUT2D eigenvalue weighted by Crippen LogP contribution is -2.64. The summed E-state index contributed by atoms with van der Waals surface area (Å²) in [6, 6.07) is 8.24. The lowest BCUT2D eigenvalue weighted by atomic mass is 10.1. The molecule has 4 rings (SSSR count). The molecular weight excluding hydrogens is 457 g/mol. The van der Waals surface area contributed by atoms with Crippen LogP contribution in [0.15, 0.2) is 29.3 Å². The summed E-state index contributed by atoms with van der Waals surface area (Å²) in [6.07, 6.45) is 0.0150. The molecule has 2 unspecified atom stereocenters. The number of methoxy groups -OCH3 is 1. The SMILES string of the molecule is CN=C(NCC(C)Oc1cccc(OC)c1)NCC1CN2CCN1CC2.I. The zero-order valence-corrected chi connectivity index (χ0v) is 18.8. The molecule has 0 radical (unpaired) electrons. The summed E-state index contributed by atoms with van der Waals surface area (Å²) in [5.41, 5.74) is 0. The Balaban J connectivity index is 0.00000261. The summed E-state index contributed by atoms with van der Waals surface area (Å²) in [5, 5.41) is 6.81. The van der Waals surface area contributed by atoms with Gasteiger partial charge < -0.3 is 20.1 Å². The van der Waals surface area contributed by atoms with Gasteiger partial charge in [-0.05, 0) is 19.1 Å². The molecule has 3 fully saturated rings. The van der Waals surface area contributed by atoms with Crippen LogP contribution in [0, 0.1) is 0 Å². The van der Waals surface area contributed by atoms with Crippen molar-refractivity contribution in [1.82, 2.24) is 20.4 Å². The van der Waals surface area contributed by atoms with Crippen molar-refractivity contribution in [2.75, 3.05) is 60.0 Å². The quantitative estimate of drug-likeness (QED) is 0.342. The van der Waals surface area contributed by atoms with Gasteiger partial charge in [-0.15, -0.1) is 24.0 Å². The van der Waals surface area contributed by atoms with E-state index in [4.69, 9.17) is 9.47 Å². The van der Waals surface area contributed by atoms with E-state index >= 15 is 0 Å². The molecule has 3 aliphatic rings. The maximum Gasteiger partial charge on any atom is 0.191 e. The largest absolute Gasteiger partial charge is 0.497 e. The molecule has 27 heavy (non-hydrogen) atoms. The molecule has 3 saturated heterocycles. The molecular formula is C19H32IN5O2. The van der Waals surface area contributed by atoms with Crippen LogP contribution in [0.1, 0.15) is 6.92 Å². The molecule has 1 aromatic rings. The number of hydrogen-bond donors (Lipinski definition) is 2. The molecule has 2 atom stereocenters. The number of nitrogens with zero attached hydrogens (tertiary/aromatic N) is 3. The Hall–Kier alpha value is -1.26. The zero-order chi connectivity index (χ0) is 18.4. The summed E-state index contributed by atoms with van der Waals surface area (Å²) >= 11 is 0. The van der Waals surface area contributed by atoms with Crippen molar-refractivity contribution in [3.8, 4) is 11.5 Å². The highest BCUT2D eigenvalue weighted by Gasteiger charge is 2.31. The second kappa shape index (κ2) is 10.9. The van der Waals surface area contributed by atoms with Crippen LogP contribution in [0.5, 0.6) is 11.5 Å². The Labute approximate surface area is 179 Å². The van der Waals surface area contributed by atoms with Gasteiger partial charge in [0.05, 0.1) is 13.7 Å². The van der Waals surface area contributed by atoms with Gasteiger partial charge in [-0.3, -0.25) is 14.8 Å². The second-order valence-electron chi connectivity index (χ2n) is 6.93. The molecule has 0 aliphatic carbocycles. The number of guanidine groups is 1. The van der Waals surface area contributed by atoms with Gasteiger partial charge in [-0.1, -0.05) is 6.07 Å². The molecule has 0 amide bonds. The number of fused-ring (bicyclic) bond motifs is 3. The third-order valence-corrected chi connectivity index (χ3v) is 5.06. The zero-order valence-electron chi connectivity index (χ0n) is 16.5. The first kappa shape index (κ1) is 22.0. The predicted molar refractivity (Wildman–Crippen MR) is 120 cm³/mol. The van der Waals surface area contributed by atoms with E-state index < -0.39 is 0 Å². The van der Waals surface area contributed by atoms with Crippen LogP contribution >= 0.6 is 24.0 Å². The summed E-state index contributed by atoms with van der Waals surface area (Å²) in [4.78, 5) is 9.45. The van der Waals surface area contributed by atoms with Crippen molar-refractivity contribution < 1.29 is 9.47 Å². The van der Waals surface area contributed by atoms with Crippen LogP contribution < -0.4 is 20.1 Å². The van der Waals surface area contributed by atoms with Crippen LogP contribution in [0.2, 0.25) is 0 Å². The number of nitrogens with one attached hydrogen (secondary N) is 2. The predicted octanol–water partition coefficient (Wildman–Crippen LogP) is 1.25. The molecule has 1 aromatic carbocycles. The van der Waals surface area contributed by atoms with Crippen molar-refractivity contribution in [2.45, 2.75) is 19.1 Å². The molecule has 2 N–H and O–H groups in total. The fraction of sp³-hybridized carbons (Fsp3) is 0.632. The van der Waals surface area contributed by atoms with E-state index in [0.717, 1.165) is 30.5 Å². The fourth-order valence-electron chi connectivity index (χ4n) is 3.54. The van der Waals surface area contributed by atoms with Crippen LogP contribution in [0.3, 0.4) is 0 Å². The first-order valence-corrected chi connectivity index (χ1v) is 9.39. The highest BCUT2D eigenvalue weighted by molar-refractivity contribution is 14.0. The van der Waals surface area contributed by atoms with Crippen molar-refractivity contribution in [3.05, 3.63) is 24.3 Å². The fourth-order valence-corrected chi connectivity index (χ4v) is 3.54. The first-order chi connectivity index (χ1) is 12.7. The van der Waals surface area contributed by atoms with Crippen molar-refractivity contribution >= 4 is 29.9 Å². The van der Waals surface area contributed by atoms with Crippen LogP contribution in [-0.4, -0.2) is 87.9 Å². The van der Waals surface area contributed by atoms with E-state index in [-0.39, 0.29) is 30.1 Å². The average Bonchev–Trinajstić information content (AvgIpc) is 2.69. The number of rotatable bonds is 7. The van der Waals surface area contributed by atoms with Crippen LogP contribution in [0.25, 0.3) is 0 Å². The molecule has 152 valence electrons. The maximum atomic E-state index is 5.95. The molecule has 2 bridgehead atoms. The molecule has 3 heterocycles. The van der Waals surface area contributed by atoms with Gasteiger partial charge in [0.15, 0.2) is 5.96 Å². The Morgan fingerprint density at radius 2 is 1.96 bits per heavy atom. The van der Waals surface area contributed by atoms with E-state index in [9.17, 15) is 0 Å². The number of benzene rings is 1. The Morgan fingerprint density at radius 3 is 2.59 bits per heavy atom. The summed E-state index contributed by atoms with van der Waals surface area (Å²) < 4.78 is 11.2. The standard InChI is InChI=1S/C19H31N5O2.HI/c1-15(26-18-6-4-5-17(11-18)25-3)12-21-19(20-2)22-13-16-14-23-7-9-24(16)10-8-23;/h4-6,11,15-16H,7-10,12-14H2,1-3H3,(H2,20,21,22);1H. The maximum absolute atomic E-state index is 5.95. The molecule has 3 aliphatic heterocycles. The Bertz CT molecular complexity index is 608. The smallest absolute Gasteiger partial charge is 0.191 e. The van der Waals surface area contributed by atoms with Crippen molar-refractivity contribution in [1.29, 1.82) is 0 Å². The number of halogens is 1. The topological polar surface area (TPSA) is 61.4 Å². The Kier molecular flexibility index (Phi) is 8.91. The van der Waals surface area contributed by atoms with Crippen LogP contribution in [0.4, 0.5) is 0 Å². The normalized spacial score (nSPS) is 25.3. The van der Waals surface area contributed by atoms with E-state index in [2.05, 4.69) is 25.4 Å². The number of ether oxygens (including phenoxy) is 2. The third-order valence-electron chi connectivity index (χ3n) is 5.06. The number of aliphatic imine (C=N–C) groups is 1. The highest BCUT2D eigenvalue weighted by Crippen LogP contribution is 2.19. The lowest BCUT2D eigenvalue weighted by Gasteiger charge is -2.47. The molecule has 0 aromatic heterocycles. The molecule has 0 spiro atoms. The minimum Gasteiger partial charge on any atom is -0.497 e. The molecule has 8 heteroatoms. The second-order valence-corrected chi connectivity index (χ2v) is 6.93. The van der Waals surface area contributed by atoms with E-state index in [1.54, 1.807) is 14.2 Å². The van der Waals surface area contributed by atoms with Gasteiger partial charge in [0.2, 0.25) is 0 Å². The Morgan fingerprint density at radius 1 is 1.22 bits per heavy atom. The number of piperazine rings is 3. The van der Waals surface area contributed by atoms with Gasteiger partial charge in [-0.2, -0.15) is 0 Å². The van der Waals surface area contributed by atoms with Crippen LogP contribution in [-0.2, 0) is 0 Å². The van der Waals surface area contributed by atoms with Crippen molar-refractivity contribution in [3.63, 3.8) is 0 Å². The van der Waals surface area contributed by atoms with E-state index in [1.165, 1.54) is 26.2 Å². The summed E-state index contributed by atoms with van der Waals surface area (Å²) in [7, 11) is 3.46. The summed E-state index contributed by atoms with van der Waals surface area (Å²) in [5.74, 6) is 2.43. The van der Waals surface area contributed by atoms with Gasteiger partial charge in [0.25, 0.3) is 0 Å². The molecule has 7 nitrogen and oxygen atoms in total. The average molecular weight is 489 g/mol. The highest BCUT2D eigenvalue weighted by atomic mass is 127. The number of hydrogen-bond acceptors (Lipinski definition) is 5. The van der Waals surface area contributed by atoms with Gasteiger partial charge in [0.1, 0.15) is 17.6 Å². The summed E-state index contributed by atoms with van der Waals surface area (Å²) in [6.45, 7) is 9.58. The van der Waals surface area contributed by atoms with E-state index in [1.807, 2.05) is 31.2 Å². The van der Waals surface area contributed by atoms with Gasteiger partial charge in [-0.25, -0.2) is 0 Å². The third kappa shape index (κ3) is 6.39. The van der Waals surface area contributed by atoms with Gasteiger partial charge >= 0.3 is 0 Å². The monoisotopic (exact) mass is 489 g/mol. The minimum atomic E-state index is 0. The molecule has 0 saturated carbocycles. The van der Waals surface area contributed by atoms with E-state index in [0.29, 0.717) is 12.6 Å². The van der Waals surface area contributed by atoms with Gasteiger partial charge in [0, 0.05) is 58.4 Å². The minimum absolute atomic E-state index is 0.